The predicted molar refractivity (Wildman–Crippen MR) is 85.8 cm³/mol. The van der Waals surface area contributed by atoms with Crippen LogP contribution in [0.4, 0.5) is 11.4 Å². The number of sulfonamides is 1. The standard InChI is InChI=1S/C15H11N3O5S/c19-18(20)13-8-6-11(7-9-13)14-10-15(23-16-14)24(21,22)17-12-4-2-1-3-5-12/h1-10,17H. The lowest BCUT2D eigenvalue weighted by Gasteiger charge is -2.03. The molecule has 0 spiro atoms. The second kappa shape index (κ2) is 6.13. The van der Waals surface area contributed by atoms with Crippen LogP contribution in [0, 0.1) is 10.1 Å². The van der Waals surface area contributed by atoms with E-state index in [1.54, 1.807) is 30.3 Å². The summed E-state index contributed by atoms with van der Waals surface area (Å²) >= 11 is 0. The van der Waals surface area contributed by atoms with Crippen LogP contribution in [0.5, 0.6) is 0 Å². The van der Waals surface area contributed by atoms with Crippen LogP contribution in [0.3, 0.4) is 0 Å². The van der Waals surface area contributed by atoms with Crippen molar-refractivity contribution in [2.45, 2.75) is 5.09 Å². The zero-order valence-corrected chi connectivity index (χ0v) is 12.9. The molecule has 0 fully saturated rings. The van der Waals surface area contributed by atoms with Crippen LogP contribution in [0.2, 0.25) is 0 Å². The van der Waals surface area contributed by atoms with Gasteiger partial charge < -0.3 is 4.52 Å². The van der Waals surface area contributed by atoms with Crippen molar-refractivity contribution in [2.75, 3.05) is 4.72 Å². The number of aromatic nitrogens is 1. The van der Waals surface area contributed by atoms with Gasteiger partial charge >= 0.3 is 0 Å². The zero-order chi connectivity index (χ0) is 17.2. The molecule has 0 amide bonds. The van der Waals surface area contributed by atoms with Gasteiger partial charge in [-0.05, 0) is 24.3 Å². The molecule has 9 heteroatoms. The van der Waals surface area contributed by atoms with Crippen LogP contribution in [-0.2, 0) is 10.0 Å². The van der Waals surface area contributed by atoms with Crippen LogP contribution in [0.25, 0.3) is 11.3 Å². The SMILES string of the molecule is O=[N+]([O-])c1ccc(-c2cc(S(=O)(=O)Nc3ccccc3)on2)cc1. The van der Waals surface area contributed by atoms with Crippen molar-refractivity contribution in [1.29, 1.82) is 0 Å². The third-order valence-electron chi connectivity index (χ3n) is 3.15. The van der Waals surface area contributed by atoms with Gasteiger partial charge in [-0.2, -0.15) is 8.42 Å². The molecule has 0 atom stereocenters. The molecule has 3 rings (SSSR count). The summed E-state index contributed by atoms with van der Waals surface area (Å²) in [5, 5.41) is 14.0. The number of nitro groups is 1. The van der Waals surface area contributed by atoms with Crippen molar-refractivity contribution in [2.24, 2.45) is 0 Å². The molecule has 0 aliphatic heterocycles. The fourth-order valence-corrected chi connectivity index (χ4v) is 2.94. The van der Waals surface area contributed by atoms with Crippen molar-refractivity contribution < 1.29 is 17.9 Å². The molecule has 2 aromatic carbocycles. The smallest absolute Gasteiger partial charge is 0.298 e. The van der Waals surface area contributed by atoms with Gasteiger partial charge in [0.15, 0.2) is 0 Å². The van der Waals surface area contributed by atoms with Gasteiger partial charge in [-0.3, -0.25) is 14.8 Å². The second-order valence-electron chi connectivity index (χ2n) is 4.81. The average Bonchev–Trinajstić information content (AvgIpc) is 3.06. The molecule has 3 aromatic rings. The number of nitro benzene ring substituents is 1. The Kier molecular flexibility index (Phi) is 4.00. The summed E-state index contributed by atoms with van der Waals surface area (Å²) in [5.74, 6) is 0. The molecular weight excluding hydrogens is 334 g/mol. The van der Waals surface area contributed by atoms with Crippen LogP contribution in [0.1, 0.15) is 0 Å². The minimum Gasteiger partial charge on any atom is -0.342 e. The summed E-state index contributed by atoms with van der Waals surface area (Å²) in [6, 6.07) is 15.2. The molecule has 122 valence electrons. The van der Waals surface area contributed by atoms with Crippen LogP contribution < -0.4 is 4.72 Å². The van der Waals surface area contributed by atoms with Crippen molar-refractivity contribution in [3.05, 3.63) is 70.8 Å². The molecule has 24 heavy (non-hydrogen) atoms. The van der Waals surface area contributed by atoms with Crippen molar-refractivity contribution in [1.82, 2.24) is 5.16 Å². The van der Waals surface area contributed by atoms with E-state index in [4.69, 9.17) is 4.52 Å². The summed E-state index contributed by atoms with van der Waals surface area (Å²) in [4.78, 5) is 10.1. The third-order valence-corrected chi connectivity index (χ3v) is 4.38. The lowest BCUT2D eigenvalue weighted by Crippen LogP contribution is -2.11. The van der Waals surface area contributed by atoms with E-state index in [9.17, 15) is 18.5 Å². The van der Waals surface area contributed by atoms with E-state index in [1.165, 1.54) is 30.3 Å². The van der Waals surface area contributed by atoms with Crippen molar-refractivity contribution in [3.8, 4) is 11.3 Å². The number of benzene rings is 2. The highest BCUT2D eigenvalue weighted by Crippen LogP contribution is 2.24. The summed E-state index contributed by atoms with van der Waals surface area (Å²) in [6.07, 6.45) is 0. The molecular formula is C15H11N3O5S. The topological polar surface area (TPSA) is 115 Å². The number of non-ortho nitro benzene ring substituents is 1. The number of anilines is 1. The minimum atomic E-state index is -3.91. The Morgan fingerprint density at radius 1 is 1.04 bits per heavy atom. The van der Waals surface area contributed by atoms with Gasteiger partial charge in [0.25, 0.3) is 20.8 Å². The highest BCUT2D eigenvalue weighted by Gasteiger charge is 2.21. The highest BCUT2D eigenvalue weighted by atomic mass is 32.2. The van der Waals surface area contributed by atoms with Gasteiger partial charge in [0, 0.05) is 29.4 Å². The summed E-state index contributed by atoms with van der Waals surface area (Å²) < 4.78 is 31.8. The van der Waals surface area contributed by atoms with Crippen LogP contribution >= 0.6 is 0 Å². The maximum absolute atomic E-state index is 12.3. The van der Waals surface area contributed by atoms with Gasteiger partial charge in [-0.1, -0.05) is 23.4 Å². The third kappa shape index (κ3) is 3.25. The monoisotopic (exact) mass is 345 g/mol. The van der Waals surface area contributed by atoms with E-state index < -0.39 is 14.9 Å². The summed E-state index contributed by atoms with van der Waals surface area (Å²) in [7, 11) is -3.91. The molecule has 1 aromatic heterocycles. The van der Waals surface area contributed by atoms with E-state index >= 15 is 0 Å². The molecule has 0 radical (unpaired) electrons. The largest absolute Gasteiger partial charge is 0.342 e. The lowest BCUT2D eigenvalue weighted by atomic mass is 10.1. The average molecular weight is 345 g/mol. The molecule has 0 saturated heterocycles. The first-order valence-corrected chi connectivity index (χ1v) is 8.23. The Balaban J connectivity index is 1.85. The maximum atomic E-state index is 12.3. The van der Waals surface area contributed by atoms with Gasteiger partial charge in [-0.15, -0.1) is 0 Å². The Hall–Kier alpha value is -3.20. The number of nitrogens with zero attached hydrogens (tertiary/aromatic N) is 2. The summed E-state index contributed by atoms with van der Waals surface area (Å²) in [5.41, 5.74) is 1.09. The molecule has 1 heterocycles. The lowest BCUT2D eigenvalue weighted by molar-refractivity contribution is -0.384. The molecule has 0 aliphatic rings. The minimum absolute atomic E-state index is 0.0687. The van der Waals surface area contributed by atoms with E-state index in [0.717, 1.165) is 0 Å². The number of rotatable bonds is 5. The first kappa shape index (κ1) is 15.7. The molecule has 0 saturated carbocycles. The van der Waals surface area contributed by atoms with Crippen molar-refractivity contribution >= 4 is 21.4 Å². The highest BCUT2D eigenvalue weighted by molar-refractivity contribution is 7.92. The number of para-hydroxylation sites is 1. The number of hydrogen-bond acceptors (Lipinski definition) is 6. The quantitative estimate of drug-likeness (QED) is 0.561. The maximum Gasteiger partial charge on any atom is 0.298 e. The van der Waals surface area contributed by atoms with E-state index in [2.05, 4.69) is 9.88 Å². The Labute approximate surface area is 136 Å². The first-order valence-electron chi connectivity index (χ1n) is 6.75. The van der Waals surface area contributed by atoms with E-state index in [0.29, 0.717) is 11.3 Å². The van der Waals surface area contributed by atoms with E-state index in [1.807, 2.05) is 0 Å². The van der Waals surface area contributed by atoms with Crippen molar-refractivity contribution in [3.63, 3.8) is 0 Å². The molecule has 0 bridgehead atoms. The first-order chi connectivity index (χ1) is 11.5. The van der Waals surface area contributed by atoms with Gasteiger partial charge in [0.2, 0.25) is 0 Å². The number of nitrogens with one attached hydrogen (secondary N) is 1. The Bertz CT molecular complexity index is 966. The fraction of sp³-hybridized carbons (Fsp3) is 0. The molecule has 0 aliphatic carbocycles. The van der Waals surface area contributed by atoms with Crippen LogP contribution in [-0.4, -0.2) is 18.5 Å². The molecule has 1 N–H and O–H groups in total. The van der Waals surface area contributed by atoms with Crippen LogP contribution in [0.15, 0.2) is 70.3 Å². The Morgan fingerprint density at radius 2 is 1.71 bits per heavy atom. The second-order valence-corrected chi connectivity index (χ2v) is 6.42. The Morgan fingerprint density at radius 3 is 2.33 bits per heavy atom. The van der Waals surface area contributed by atoms with Gasteiger partial charge in [-0.25, -0.2) is 0 Å². The normalized spacial score (nSPS) is 11.2. The number of hydrogen-bond donors (Lipinski definition) is 1. The van der Waals surface area contributed by atoms with Gasteiger partial charge in [0.05, 0.1) is 4.92 Å². The molecule has 0 unspecified atom stereocenters. The zero-order valence-electron chi connectivity index (χ0n) is 12.1. The molecule has 8 nitrogen and oxygen atoms in total. The predicted octanol–water partition coefficient (Wildman–Crippen LogP) is 3.05. The van der Waals surface area contributed by atoms with E-state index in [-0.39, 0.29) is 16.5 Å². The summed E-state index contributed by atoms with van der Waals surface area (Å²) in [6.45, 7) is 0. The fourth-order valence-electron chi connectivity index (χ4n) is 1.99. The van der Waals surface area contributed by atoms with Gasteiger partial charge in [0.1, 0.15) is 5.69 Å².